The molecule has 0 aliphatic carbocycles. The van der Waals surface area contributed by atoms with E-state index in [0.717, 1.165) is 0 Å². The molecule has 0 saturated heterocycles. The molecule has 1 N–H and O–H groups in total. The van der Waals surface area contributed by atoms with Crippen LogP contribution in [0, 0.1) is 0 Å². The first-order valence-electron chi connectivity index (χ1n) is 4.01. The summed E-state index contributed by atoms with van der Waals surface area (Å²) in [4.78, 5) is 0. The Kier molecular flexibility index (Phi) is 2.45. The molecule has 3 heteroatoms. The van der Waals surface area contributed by atoms with Crippen LogP contribution >= 0.6 is 0 Å². The van der Waals surface area contributed by atoms with Gasteiger partial charge in [-0.1, -0.05) is 6.07 Å². The lowest BCUT2D eigenvalue weighted by atomic mass is 10.00. The lowest BCUT2D eigenvalue weighted by Crippen LogP contribution is -2.08. The molecule has 0 heterocycles. The van der Waals surface area contributed by atoms with Crippen molar-refractivity contribution in [2.45, 2.75) is 19.5 Å². The fourth-order valence-electron chi connectivity index (χ4n) is 1.05. The maximum atomic E-state index is 13.4. The lowest BCUT2D eigenvalue weighted by Gasteiger charge is -2.15. The molecule has 1 aromatic carbocycles. The standard InChI is InChI=1S/C10H13FO2/c1-10(2,11)7-4-5-8(12)9(6-7)13-3/h4-6,12H,1-3H3. The van der Waals surface area contributed by atoms with Gasteiger partial charge in [-0.3, -0.25) is 0 Å². The number of phenols is 1. The maximum Gasteiger partial charge on any atom is 0.160 e. The van der Waals surface area contributed by atoms with Crippen LogP contribution in [0.25, 0.3) is 0 Å². The van der Waals surface area contributed by atoms with Crippen molar-refractivity contribution in [2.75, 3.05) is 7.11 Å². The fraction of sp³-hybridized carbons (Fsp3) is 0.400. The number of benzene rings is 1. The number of aromatic hydroxyl groups is 1. The van der Waals surface area contributed by atoms with Gasteiger partial charge in [-0.2, -0.15) is 0 Å². The Labute approximate surface area is 77.0 Å². The largest absolute Gasteiger partial charge is 0.504 e. The van der Waals surface area contributed by atoms with E-state index in [1.165, 1.54) is 39.2 Å². The molecule has 0 aliphatic rings. The van der Waals surface area contributed by atoms with E-state index in [-0.39, 0.29) is 5.75 Å². The molecule has 0 unspecified atom stereocenters. The molecule has 13 heavy (non-hydrogen) atoms. The smallest absolute Gasteiger partial charge is 0.160 e. The highest BCUT2D eigenvalue weighted by molar-refractivity contribution is 5.43. The third kappa shape index (κ3) is 2.11. The monoisotopic (exact) mass is 184 g/mol. The molecule has 1 aromatic rings. The van der Waals surface area contributed by atoms with Gasteiger partial charge in [0, 0.05) is 0 Å². The van der Waals surface area contributed by atoms with Gasteiger partial charge in [0.25, 0.3) is 0 Å². The number of ether oxygens (including phenoxy) is 1. The van der Waals surface area contributed by atoms with Crippen molar-refractivity contribution in [3.63, 3.8) is 0 Å². The molecule has 0 bridgehead atoms. The summed E-state index contributed by atoms with van der Waals surface area (Å²) in [5.74, 6) is 0.318. The molecule has 72 valence electrons. The van der Waals surface area contributed by atoms with Crippen molar-refractivity contribution in [2.24, 2.45) is 0 Å². The summed E-state index contributed by atoms with van der Waals surface area (Å²) < 4.78 is 18.3. The van der Waals surface area contributed by atoms with Gasteiger partial charge in [0.15, 0.2) is 11.5 Å². The SMILES string of the molecule is COc1cc(C(C)(C)F)ccc1O. The summed E-state index contributed by atoms with van der Waals surface area (Å²) in [5, 5.41) is 9.25. The van der Waals surface area contributed by atoms with Crippen molar-refractivity contribution in [3.8, 4) is 11.5 Å². The van der Waals surface area contributed by atoms with Crippen molar-refractivity contribution < 1.29 is 14.2 Å². The minimum Gasteiger partial charge on any atom is -0.504 e. The van der Waals surface area contributed by atoms with E-state index in [1.807, 2.05) is 0 Å². The van der Waals surface area contributed by atoms with Crippen molar-refractivity contribution in [1.29, 1.82) is 0 Å². The topological polar surface area (TPSA) is 29.5 Å². The van der Waals surface area contributed by atoms with Crippen molar-refractivity contribution in [1.82, 2.24) is 0 Å². The Balaban J connectivity index is 3.14. The van der Waals surface area contributed by atoms with Crippen molar-refractivity contribution in [3.05, 3.63) is 23.8 Å². The fourth-order valence-corrected chi connectivity index (χ4v) is 1.05. The first kappa shape index (κ1) is 9.84. The van der Waals surface area contributed by atoms with Crippen LogP contribution in [-0.4, -0.2) is 12.2 Å². The Morgan fingerprint density at radius 2 is 2.00 bits per heavy atom. The summed E-state index contributed by atoms with van der Waals surface area (Å²) >= 11 is 0. The molecular weight excluding hydrogens is 171 g/mol. The van der Waals surface area contributed by atoms with E-state index in [0.29, 0.717) is 11.3 Å². The Hall–Kier alpha value is -1.25. The summed E-state index contributed by atoms with van der Waals surface area (Å²) in [6.07, 6.45) is 0. The molecule has 0 aliphatic heterocycles. The number of phenolic OH excluding ortho intramolecular Hbond substituents is 1. The van der Waals surface area contributed by atoms with Crippen LogP contribution in [-0.2, 0) is 5.67 Å². The number of hydrogen-bond donors (Lipinski definition) is 1. The first-order valence-corrected chi connectivity index (χ1v) is 4.01. The molecule has 1 rings (SSSR count). The summed E-state index contributed by atoms with van der Waals surface area (Å²) in [6, 6.07) is 4.46. The van der Waals surface area contributed by atoms with Gasteiger partial charge in [0.05, 0.1) is 7.11 Å². The Morgan fingerprint density at radius 1 is 1.38 bits per heavy atom. The van der Waals surface area contributed by atoms with Crippen LogP contribution in [0.4, 0.5) is 4.39 Å². The van der Waals surface area contributed by atoms with Crippen LogP contribution < -0.4 is 4.74 Å². The van der Waals surface area contributed by atoms with E-state index in [4.69, 9.17) is 4.74 Å². The Morgan fingerprint density at radius 3 is 2.46 bits per heavy atom. The second kappa shape index (κ2) is 3.24. The normalized spacial score (nSPS) is 11.4. The zero-order valence-electron chi connectivity index (χ0n) is 7.97. The van der Waals surface area contributed by atoms with Gasteiger partial charge >= 0.3 is 0 Å². The molecular formula is C10H13FO2. The van der Waals surface area contributed by atoms with Gasteiger partial charge in [0.2, 0.25) is 0 Å². The Bertz CT molecular complexity index is 302. The highest BCUT2D eigenvalue weighted by Gasteiger charge is 2.19. The molecule has 0 amide bonds. The lowest BCUT2D eigenvalue weighted by molar-refractivity contribution is 0.220. The minimum absolute atomic E-state index is 0.0236. The first-order chi connectivity index (χ1) is 5.95. The quantitative estimate of drug-likeness (QED) is 0.765. The van der Waals surface area contributed by atoms with Gasteiger partial charge in [-0.25, -0.2) is 4.39 Å². The van der Waals surface area contributed by atoms with E-state index in [9.17, 15) is 9.50 Å². The number of methoxy groups -OCH3 is 1. The number of alkyl halides is 1. The third-order valence-corrected chi connectivity index (χ3v) is 1.87. The molecule has 0 radical (unpaired) electrons. The van der Waals surface area contributed by atoms with Gasteiger partial charge in [0.1, 0.15) is 5.67 Å². The zero-order chi connectivity index (χ0) is 10.1. The molecule has 2 nitrogen and oxygen atoms in total. The number of hydrogen-bond acceptors (Lipinski definition) is 2. The number of halogens is 1. The summed E-state index contributed by atoms with van der Waals surface area (Å²) in [6.45, 7) is 2.91. The van der Waals surface area contributed by atoms with E-state index < -0.39 is 5.67 Å². The molecule has 0 saturated carbocycles. The molecule has 0 atom stereocenters. The minimum atomic E-state index is -1.42. The van der Waals surface area contributed by atoms with Crippen LogP contribution in [0.5, 0.6) is 11.5 Å². The van der Waals surface area contributed by atoms with Crippen LogP contribution in [0.1, 0.15) is 19.4 Å². The van der Waals surface area contributed by atoms with E-state index in [1.54, 1.807) is 0 Å². The van der Waals surface area contributed by atoms with Gasteiger partial charge in [-0.15, -0.1) is 0 Å². The average Bonchev–Trinajstić information content (AvgIpc) is 2.03. The predicted molar refractivity (Wildman–Crippen MR) is 48.8 cm³/mol. The maximum absolute atomic E-state index is 13.4. The highest BCUT2D eigenvalue weighted by atomic mass is 19.1. The molecule has 0 spiro atoms. The van der Waals surface area contributed by atoms with Crippen LogP contribution in [0.15, 0.2) is 18.2 Å². The molecule has 0 fully saturated rings. The van der Waals surface area contributed by atoms with E-state index >= 15 is 0 Å². The third-order valence-electron chi connectivity index (χ3n) is 1.87. The number of rotatable bonds is 2. The second-order valence-corrected chi connectivity index (χ2v) is 3.36. The van der Waals surface area contributed by atoms with Crippen LogP contribution in [0.2, 0.25) is 0 Å². The predicted octanol–water partition coefficient (Wildman–Crippen LogP) is 2.61. The highest BCUT2D eigenvalue weighted by Crippen LogP contribution is 2.32. The summed E-state index contributed by atoms with van der Waals surface area (Å²) in [7, 11) is 1.43. The van der Waals surface area contributed by atoms with Crippen molar-refractivity contribution >= 4 is 0 Å². The van der Waals surface area contributed by atoms with Gasteiger partial charge < -0.3 is 9.84 Å². The molecule has 0 aromatic heterocycles. The zero-order valence-corrected chi connectivity index (χ0v) is 7.97. The second-order valence-electron chi connectivity index (χ2n) is 3.36. The average molecular weight is 184 g/mol. The van der Waals surface area contributed by atoms with Gasteiger partial charge in [-0.05, 0) is 31.5 Å². The van der Waals surface area contributed by atoms with E-state index in [2.05, 4.69) is 0 Å². The summed E-state index contributed by atoms with van der Waals surface area (Å²) in [5.41, 5.74) is -0.928. The van der Waals surface area contributed by atoms with Crippen LogP contribution in [0.3, 0.4) is 0 Å².